The van der Waals surface area contributed by atoms with Gasteiger partial charge in [-0.05, 0) is 68.3 Å². The van der Waals surface area contributed by atoms with E-state index in [9.17, 15) is 9.59 Å². The van der Waals surface area contributed by atoms with Gasteiger partial charge in [0.15, 0.2) is 5.78 Å². The van der Waals surface area contributed by atoms with Crippen molar-refractivity contribution in [3.8, 4) is 0 Å². The van der Waals surface area contributed by atoms with Gasteiger partial charge in [-0.3, -0.25) is 9.59 Å². The molecule has 0 radical (unpaired) electrons. The highest BCUT2D eigenvalue weighted by molar-refractivity contribution is 7.59. The van der Waals surface area contributed by atoms with E-state index in [0.29, 0.717) is 42.3 Å². The first-order valence-electron chi connectivity index (χ1n) is 11.0. The average Bonchev–Trinajstić information content (AvgIpc) is 3.49. The second kappa shape index (κ2) is 7.37. The molecule has 7 aliphatic rings. The Bertz CT molecular complexity index is 863. The van der Waals surface area contributed by atoms with Crippen LogP contribution in [0.1, 0.15) is 65.2 Å². The van der Waals surface area contributed by atoms with Gasteiger partial charge in [-0.15, -0.1) is 0 Å². The van der Waals surface area contributed by atoms with Crippen molar-refractivity contribution in [2.75, 3.05) is 0 Å². The van der Waals surface area contributed by atoms with Gasteiger partial charge in [0.2, 0.25) is 0 Å². The number of hydrogen-bond acceptors (Lipinski definition) is 4. The summed E-state index contributed by atoms with van der Waals surface area (Å²) in [6.07, 6.45) is 9.85. The second-order valence-electron chi connectivity index (χ2n) is 11.1. The molecule has 0 aromatic carbocycles. The van der Waals surface area contributed by atoms with Gasteiger partial charge < -0.3 is 9.47 Å². The SMILES string of the molecule is C[C@]12CCC(=O)C=C1[C@@H]1C[C@@H]1[C@H]1[C@@H]3CC[C@@]4(CCC(=O)O4)[C@@]3(C)CC3OC312.S.S.S.S. The van der Waals surface area contributed by atoms with Gasteiger partial charge in [0.1, 0.15) is 11.2 Å². The van der Waals surface area contributed by atoms with Crippen LogP contribution in [0.15, 0.2) is 11.6 Å². The summed E-state index contributed by atoms with van der Waals surface area (Å²) in [4.78, 5) is 24.2. The summed E-state index contributed by atoms with van der Waals surface area (Å²) in [7, 11) is 0. The van der Waals surface area contributed by atoms with Crippen molar-refractivity contribution < 1.29 is 19.1 Å². The van der Waals surface area contributed by atoms with Crippen molar-refractivity contribution in [2.24, 2.45) is 34.5 Å². The molecule has 0 amide bonds. The van der Waals surface area contributed by atoms with Gasteiger partial charge in [-0.25, -0.2) is 0 Å². The Balaban J connectivity index is 0.000000681. The molecule has 0 bridgehead atoms. The van der Waals surface area contributed by atoms with Crippen LogP contribution in [0.25, 0.3) is 0 Å². The first-order chi connectivity index (χ1) is 12.8. The fourth-order valence-electron chi connectivity index (χ4n) is 9.12. The van der Waals surface area contributed by atoms with Crippen LogP contribution in [-0.4, -0.2) is 29.1 Å². The van der Waals surface area contributed by atoms with E-state index in [1.54, 1.807) is 0 Å². The Labute approximate surface area is 212 Å². The molecule has 4 nitrogen and oxygen atoms in total. The summed E-state index contributed by atoms with van der Waals surface area (Å²) >= 11 is 0. The highest BCUT2D eigenvalue weighted by atomic mass is 32.1. The van der Waals surface area contributed by atoms with E-state index in [0.717, 1.165) is 25.7 Å². The molecule has 8 heteroatoms. The summed E-state index contributed by atoms with van der Waals surface area (Å²) in [6, 6.07) is 0. The molecule has 0 aromatic heterocycles. The molecule has 2 unspecified atom stereocenters. The van der Waals surface area contributed by atoms with Crippen LogP contribution >= 0.6 is 54.0 Å². The molecule has 6 fully saturated rings. The number of hydrogen-bond donors (Lipinski definition) is 0. The maximum absolute atomic E-state index is 12.2. The minimum absolute atomic E-state index is 0. The van der Waals surface area contributed by atoms with Gasteiger partial charge >= 0.3 is 5.97 Å². The van der Waals surface area contributed by atoms with E-state index >= 15 is 0 Å². The third-order valence-corrected chi connectivity index (χ3v) is 10.4. The lowest BCUT2D eigenvalue weighted by molar-refractivity contribution is -0.164. The topological polar surface area (TPSA) is 55.9 Å². The van der Waals surface area contributed by atoms with Gasteiger partial charge in [0.25, 0.3) is 0 Å². The average molecular weight is 505 g/mol. The van der Waals surface area contributed by atoms with Crippen molar-refractivity contribution in [3.05, 3.63) is 11.6 Å². The zero-order chi connectivity index (χ0) is 18.4. The first-order valence-corrected chi connectivity index (χ1v) is 11.0. The summed E-state index contributed by atoms with van der Waals surface area (Å²) < 4.78 is 12.8. The second-order valence-corrected chi connectivity index (χ2v) is 11.1. The van der Waals surface area contributed by atoms with E-state index in [4.69, 9.17) is 9.47 Å². The largest absolute Gasteiger partial charge is 0.458 e. The summed E-state index contributed by atoms with van der Waals surface area (Å²) in [5.41, 5.74) is 1.24. The van der Waals surface area contributed by atoms with Crippen LogP contribution in [0.3, 0.4) is 0 Å². The Morgan fingerprint density at radius 3 is 2.42 bits per heavy atom. The lowest BCUT2D eigenvalue weighted by Crippen LogP contribution is -2.60. The van der Waals surface area contributed by atoms with E-state index < -0.39 is 0 Å². The third kappa shape index (κ3) is 2.66. The highest BCUT2D eigenvalue weighted by Crippen LogP contribution is 2.82. The predicted octanol–water partition coefficient (Wildman–Crippen LogP) is 4.03. The number of fused-ring (bicyclic) bond motifs is 7. The van der Waals surface area contributed by atoms with Crippen LogP contribution in [0.5, 0.6) is 0 Å². The predicted molar refractivity (Wildman–Crippen MR) is 138 cm³/mol. The summed E-state index contributed by atoms with van der Waals surface area (Å²) in [6.45, 7) is 4.81. The molecular weight excluding hydrogens is 469 g/mol. The van der Waals surface area contributed by atoms with Crippen molar-refractivity contribution in [3.63, 3.8) is 0 Å². The van der Waals surface area contributed by atoms with Crippen LogP contribution in [0.2, 0.25) is 0 Å². The normalized spacial score (nSPS) is 54.0. The van der Waals surface area contributed by atoms with E-state index in [1.165, 1.54) is 18.4 Å². The number of rotatable bonds is 0. The van der Waals surface area contributed by atoms with Crippen LogP contribution in [-0.2, 0) is 19.1 Å². The maximum atomic E-state index is 12.2. The minimum Gasteiger partial charge on any atom is -0.458 e. The molecular formula is C23H36O4S4. The number of esters is 1. The Hall–Kier alpha value is 0.240. The number of carbonyl (C=O) groups is 2. The van der Waals surface area contributed by atoms with Gasteiger partial charge in [0, 0.05) is 23.7 Å². The lowest BCUT2D eigenvalue weighted by atomic mass is 9.46. The van der Waals surface area contributed by atoms with Gasteiger partial charge in [-0.1, -0.05) is 19.4 Å². The number of ketones is 1. The minimum atomic E-state index is -0.239. The number of ether oxygens (including phenoxy) is 2. The number of carbonyl (C=O) groups excluding carboxylic acids is 2. The molecule has 7 rings (SSSR count). The monoisotopic (exact) mass is 504 g/mol. The Kier molecular flexibility index (Phi) is 6.14. The molecule has 2 saturated heterocycles. The van der Waals surface area contributed by atoms with Gasteiger partial charge in [0.05, 0.1) is 6.10 Å². The van der Waals surface area contributed by atoms with Crippen molar-refractivity contribution in [2.45, 2.75) is 82.5 Å². The molecule has 0 N–H and O–H groups in total. The van der Waals surface area contributed by atoms with Crippen LogP contribution < -0.4 is 0 Å². The van der Waals surface area contributed by atoms with Crippen molar-refractivity contribution in [1.82, 2.24) is 0 Å². The quantitative estimate of drug-likeness (QED) is 0.369. The molecule has 5 aliphatic carbocycles. The van der Waals surface area contributed by atoms with Gasteiger partial charge in [-0.2, -0.15) is 54.0 Å². The zero-order valence-corrected chi connectivity index (χ0v) is 22.3. The molecule has 31 heavy (non-hydrogen) atoms. The Morgan fingerprint density at radius 2 is 1.74 bits per heavy atom. The lowest BCUT2D eigenvalue weighted by Gasteiger charge is -2.56. The summed E-state index contributed by atoms with van der Waals surface area (Å²) in [5.74, 6) is 2.77. The first kappa shape index (κ1) is 25.9. The molecule has 2 spiro atoms. The molecule has 0 aromatic rings. The zero-order valence-electron chi connectivity index (χ0n) is 18.3. The Morgan fingerprint density at radius 1 is 1.00 bits per heavy atom. The standard InChI is InChI=1S/C23H28O4.4H2S/c1-20-6-3-12(24)9-16(20)13-10-14(13)19-15-4-7-22(8-5-18(25)27-22)21(15,2)11-17-23(19,20)26-17;;;;/h9,13-15,17,19H,3-8,10-11H2,1-2H3;4*1H2/t13-,14+,15+,17?,19+,20+,21+,22-,23?;;;;/m1..../s1. The van der Waals surface area contributed by atoms with Crippen molar-refractivity contribution >= 4 is 65.7 Å². The fraction of sp³-hybridized carbons (Fsp3) is 0.826. The molecule has 9 atom stereocenters. The summed E-state index contributed by atoms with van der Waals surface area (Å²) in [5, 5.41) is 0. The molecule has 2 aliphatic heterocycles. The smallest absolute Gasteiger partial charge is 0.306 e. The van der Waals surface area contributed by atoms with Crippen LogP contribution in [0, 0.1) is 34.5 Å². The van der Waals surface area contributed by atoms with E-state index in [1.807, 2.05) is 6.08 Å². The van der Waals surface area contributed by atoms with E-state index in [2.05, 4.69) is 13.8 Å². The maximum Gasteiger partial charge on any atom is 0.306 e. The van der Waals surface area contributed by atoms with Crippen LogP contribution in [0.4, 0.5) is 0 Å². The molecule has 2 heterocycles. The third-order valence-electron chi connectivity index (χ3n) is 10.4. The molecule has 176 valence electrons. The van der Waals surface area contributed by atoms with E-state index in [-0.39, 0.29) is 88.1 Å². The van der Waals surface area contributed by atoms with Crippen molar-refractivity contribution in [1.29, 1.82) is 0 Å². The number of epoxide rings is 1. The molecule has 4 saturated carbocycles. The fourth-order valence-corrected chi connectivity index (χ4v) is 9.12. The highest BCUT2D eigenvalue weighted by Gasteiger charge is 2.85.